The van der Waals surface area contributed by atoms with Gasteiger partial charge in [-0.2, -0.15) is 0 Å². The van der Waals surface area contributed by atoms with Gasteiger partial charge >= 0.3 is 6.09 Å². The molecule has 1 aliphatic heterocycles. The molecule has 1 saturated carbocycles. The van der Waals surface area contributed by atoms with Crippen molar-refractivity contribution in [3.05, 3.63) is 29.3 Å². The van der Waals surface area contributed by atoms with Crippen LogP contribution in [0.15, 0.2) is 18.2 Å². The summed E-state index contributed by atoms with van der Waals surface area (Å²) in [7, 11) is 0. The summed E-state index contributed by atoms with van der Waals surface area (Å²) in [6.07, 6.45) is 4.23. The molecule has 1 aromatic carbocycles. The van der Waals surface area contributed by atoms with Gasteiger partial charge in [-0.3, -0.25) is 0 Å². The quantitative estimate of drug-likeness (QED) is 0.884. The third-order valence-electron chi connectivity index (χ3n) is 5.48. The molecule has 5 heteroatoms. The summed E-state index contributed by atoms with van der Waals surface area (Å²) < 4.78 is 11.7. The van der Waals surface area contributed by atoms with E-state index in [-0.39, 0.29) is 17.6 Å². The van der Waals surface area contributed by atoms with E-state index in [0.29, 0.717) is 6.54 Å². The molecule has 2 N–H and O–H groups in total. The third-order valence-corrected chi connectivity index (χ3v) is 5.48. The predicted octanol–water partition coefficient (Wildman–Crippen LogP) is 4.01. The second kappa shape index (κ2) is 7.10. The molecule has 0 bridgehead atoms. The van der Waals surface area contributed by atoms with Gasteiger partial charge in [0.05, 0.1) is 6.10 Å². The monoisotopic (exact) mass is 360 g/mol. The van der Waals surface area contributed by atoms with Gasteiger partial charge in [0.15, 0.2) is 0 Å². The molecule has 26 heavy (non-hydrogen) atoms. The highest BCUT2D eigenvalue weighted by atomic mass is 16.6. The smallest absolute Gasteiger partial charge is 0.410 e. The Balaban J connectivity index is 1.55. The van der Waals surface area contributed by atoms with Gasteiger partial charge in [-0.1, -0.05) is 6.07 Å². The second-order valence-corrected chi connectivity index (χ2v) is 8.95. The number of nitrogens with two attached hydrogens (primary N) is 1. The standard InChI is InChI=1S/C21H32N2O3/c1-15-6-7-17(10-16(15)13-22)25-18-11-21(12-18)8-5-9-23(14-21)19(24)26-20(2,3)4/h6-7,10,18H,5,8-9,11-14,22H2,1-4H3. The summed E-state index contributed by atoms with van der Waals surface area (Å²) in [6, 6.07) is 6.14. The fourth-order valence-corrected chi connectivity index (χ4v) is 4.15. The lowest BCUT2D eigenvalue weighted by Crippen LogP contribution is -2.55. The molecule has 0 radical (unpaired) electrons. The molecule has 2 aliphatic rings. The van der Waals surface area contributed by atoms with E-state index >= 15 is 0 Å². The number of carbonyl (C=O) groups excluding carboxylic acids is 1. The third kappa shape index (κ3) is 4.32. The van der Waals surface area contributed by atoms with Crippen molar-refractivity contribution in [1.82, 2.24) is 4.90 Å². The Hall–Kier alpha value is -1.75. The van der Waals surface area contributed by atoms with Gasteiger partial charge in [-0.05, 0) is 82.1 Å². The van der Waals surface area contributed by atoms with Gasteiger partial charge in [0.2, 0.25) is 0 Å². The van der Waals surface area contributed by atoms with Crippen molar-refractivity contribution in [2.45, 2.75) is 71.6 Å². The Morgan fingerprint density at radius 2 is 2.08 bits per heavy atom. The highest BCUT2D eigenvalue weighted by Crippen LogP contribution is 2.49. The van der Waals surface area contributed by atoms with Crippen LogP contribution in [0.5, 0.6) is 5.75 Å². The number of likely N-dealkylation sites (tertiary alicyclic amines) is 1. The van der Waals surface area contributed by atoms with Crippen molar-refractivity contribution in [3.8, 4) is 5.75 Å². The molecule has 0 aromatic heterocycles. The zero-order valence-corrected chi connectivity index (χ0v) is 16.5. The van der Waals surface area contributed by atoms with Crippen LogP contribution in [0, 0.1) is 12.3 Å². The van der Waals surface area contributed by atoms with Gasteiger partial charge < -0.3 is 20.1 Å². The second-order valence-electron chi connectivity index (χ2n) is 8.95. The molecule has 3 rings (SSSR count). The molecule has 0 atom stereocenters. The van der Waals surface area contributed by atoms with Crippen LogP contribution in [0.25, 0.3) is 0 Å². The first-order valence-electron chi connectivity index (χ1n) is 9.64. The van der Waals surface area contributed by atoms with E-state index in [1.165, 1.54) is 5.56 Å². The van der Waals surface area contributed by atoms with Gasteiger partial charge in [0, 0.05) is 19.6 Å². The van der Waals surface area contributed by atoms with E-state index in [1.54, 1.807) is 0 Å². The topological polar surface area (TPSA) is 64.8 Å². The lowest BCUT2D eigenvalue weighted by atomic mass is 9.62. The number of nitrogens with zero attached hydrogens (tertiary/aromatic N) is 1. The minimum atomic E-state index is -0.445. The summed E-state index contributed by atoms with van der Waals surface area (Å²) in [6.45, 7) is 9.91. The fourth-order valence-electron chi connectivity index (χ4n) is 4.15. The highest BCUT2D eigenvalue weighted by molar-refractivity contribution is 5.68. The molecule has 144 valence electrons. The normalized spacial score (nSPS) is 25.7. The van der Waals surface area contributed by atoms with Crippen LogP contribution in [-0.2, 0) is 11.3 Å². The minimum Gasteiger partial charge on any atom is -0.490 e. The molecule has 1 saturated heterocycles. The first kappa shape index (κ1) is 19.0. The van der Waals surface area contributed by atoms with Crippen LogP contribution in [-0.4, -0.2) is 35.8 Å². The summed E-state index contributed by atoms with van der Waals surface area (Å²) in [5, 5.41) is 0. The van der Waals surface area contributed by atoms with Gasteiger partial charge in [0.25, 0.3) is 0 Å². The largest absolute Gasteiger partial charge is 0.490 e. The van der Waals surface area contributed by atoms with Crippen LogP contribution in [0.4, 0.5) is 4.79 Å². The van der Waals surface area contributed by atoms with Gasteiger partial charge in [0.1, 0.15) is 11.4 Å². The number of carbonyl (C=O) groups is 1. The van der Waals surface area contributed by atoms with E-state index in [2.05, 4.69) is 13.0 Å². The fraction of sp³-hybridized carbons (Fsp3) is 0.667. The Bertz CT molecular complexity index is 660. The number of piperidine rings is 1. The predicted molar refractivity (Wildman–Crippen MR) is 102 cm³/mol. The Morgan fingerprint density at radius 1 is 1.35 bits per heavy atom. The molecule has 1 spiro atoms. The first-order chi connectivity index (χ1) is 12.2. The summed E-state index contributed by atoms with van der Waals surface area (Å²) in [5.74, 6) is 0.899. The molecule has 1 heterocycles. The van der Waals surface area contributed by atoms with E-state index in [4.69, 9.17) is 15.2 Å². The van der Waals surface area contributed by atoms with E-state index in [1.807, 2.05) is 37.8 Å². The maximum Gasteiger partial charge on any atom is 0.410 e. The van der Waals surface area contributed by atoms with E-state index in [0.717, 1.165) is 50.1 Å². The summed E-state index contributed by atoms with van der Waals surface area (Å²) in [5.41, 5.74) is 7.87. The molecule has 1 aromatic rings. The molecular weight excluding hydrogens is 328 g/mol. The van der Waals surface area contributed by atoms with Crippen molar-refractivity contribution in [2.24, 2.45) is 11.1 Å². The highest BCUT2D eigenvalue weighted by Gasteiger charge is 2.49. The van der Waals surface area contributed by atoms with Crippen LogP contribution in [0.3, 0.4) is 0 Å². The average Bonchev–Trinajstić information content (AvgIpc) is 2.54. The van der Waals surface area contributed by atoms with Crippen molar-refractivity contribution in [1.29, 1.82) is 0 Å². The molecule has 1 amide bonds. The van der Waals surface area contributed by atoms with Crippen molar-refractivity contribution in [3.63, 3.8) is 0 Å². The van der Waals surface area contributed by atoms with Crippen LogP contribution in [0.2, 0.25) is 0 Å². The zero-order chi connectivity index (χ0) is 18.9. The average molecular weight is 360 g/mol. The molecular formula is C21H32N2O3. The first-order valence-corrected chi connectivity index (χ1v) is 9.64. The van der Waals surface area contributed by atoms with E-state index < -0.39 is 5.60 Å². The Morgan fingerprint density at radius 3 is 2.73 bits per heavy atom. The van der Waals surface area contributed by atoms with Crippen LogP contribution in [0.1, 0.15) is 57.6 Å². The number of hydrogen-bond donors (Lipinski definition) is 1. The number of amides is 1. The van der Waals surface area contributed by atoms with Crippen molar-refractivity contribution in [2.75, 3.05) is 13.1 Å². The zero-order valence-electron chi connectivity index (χ0n) is 16.5. The lowest BCUT2D eigenvalue weighted by molar-refractivity contribution is -0.0663. The number of rotatable bonds is 3. The molecule has 1 aliphatic carbocycles. The van der Waals surface area contributed by atoms with Crippen molar-refractivity contribution < 1.29 is 14.3 Å². The number of aryl methyl sites for hydroxylation is 1. The molecule has 5 nitrogen and oxygen atoms in total. The number of benzene rings is 1. The molecule has 0 unspecified atom stereocenters. The summed E-state index contributed by atoms with van der Waals surface area (Å²) >= 11 is 0. The lowest BCUT2D eigenvalue weighted by Gasteiger charge is -2.52. The van der Waals surface area contributed by atoms with Crippen LogP contribution < -0.4 is 10.5 Å². The van der Waals surface area contributed by atoms with Crippen LogP contribution >= 0.6 is 0 Å². The summed E-state index contributed by atoms with van der Waals surface area (Å²) in [4.78, 5) is 14.3. The molecule has 2 fully saturated rings. The maximum atomic E-state index is 12.4. The van der Waals surface area contributed by atoms with E-state index in [9.17, 15) is 4.79 Å². The van der Waals surface area contributed by atoms with Gasteiger partial charge in [-0.25, -0.2) is 4.79 Å². The number of hydrogen-bond acceptors (Lipinski definition) is 4. The Kier molecular flexibility index (Phi) is 5.20. The maximum absolute atomic E-state index is 12.4. The van der Waals surface area contributed by atoms with Gasteiger partial charge in [-0.15, -0.1) is 0 Å². The SMILES string of the molecule is Cc1ccc(OC2CC3(CCCN(C(=O)OC(C)(C)C)C3)C2)cc1CN. The van der Waals surface area contributed by atoms with Crippen molar-refractivity contribution >= 4 is 6.09 Å². The Labute approximate surface area is 156 Å². The minimum absolute atomic E-state index is 0.188. The number of ether oxygens (including phenoxy) is 2.